The summed E-state index contributed by atoms with van der Waals surface area (Å²) in [6.45, 7) is 7.29. The van der Waals surface area contributed by atoms with Gasteiger partial charge in [-0.3, -0.25) is 4.90 Å². The van der Waals surface area contributed by atoms with E-state index in [1.165, 1.54) is 21.3 Å². The SMILES string of the molecule is CN1CCN(c2ncc(CN3CCc4nc(-c5cccs5)ncc4C3)s2)CC1. The summed E-state index contributed by atoms with van der Waals surface area (Å²) in [6.07, 6.45) is 5.07. The van der Waals surface area contributed by atoms with Crippen LogP contribution in [0.1, 0.15) is 16.1 Å². The standard InChI is InChI=1S/C20H24N6S2/c1-24-6-8-26(9-7-24)20-22-12-16(28-20)14-25-5-4-17-15(13-25)11-21-19(23-17)18-3-2-10-27-18/h2-3,10-12H,4-9,13-14H2,1H3. The molecule has 0 atom stereocenters. The van der Waals surface area contributed by atoms with Crippen molar-refractivity contribution in [3.05, 3.63) is 46.0 Å². The predicted molar refractivity (Wildman–Crippen MR) is 115 cm³/mol. The summed E-state index contributed by atoms with van der Waals surface area (Å²) in [5.74, 6) is 0.862. The van der Waals surface area contributed by atoms with Crippen molar-refractivity contribution in [1.82, 2.24) is 24.8 Å². The fourth-order valence-electron chi connectivity index (χ4n) is 3.77. The molecule has 1 fully saturated rings. The van der Waals surface area contributed by atoms with Gasteiger partial charge in [0.05, 0.1) is 10.6 Å². The van der Waals surface area contributed by atoms with Crippen LogP contribution in [-0.4, -0.2) is 64.5 Å². The van der Waals surface area contributed by atoms with Gasteiger partial charge >= 0.3 is 0 Å². The molecule has 0 N–H and O–H groups in total. The third-order valence-corrected chi connectivity index (χ3v) is 7.36. The maximum absolute atomic E-state index is 4.82. The Bertz CT molecular complexity index is 930. The molecule has 28 heavy (non-hydrogen) atoms. The van der Waals surface area contributed by atoms with Crippen molar-refractivity contribution in [2.24, 2.45) is 0 Å². The summed E-state index contributed by atoms with van der Waals surface area (Å²) in [7, 11) is 2.19. The molecule has 0 saturated carbocycles. The number of hydrogen-bond acceptors (Lipinski definition) is 8. The average Bonchev–Trinajstić information content (AvgIpc) is 3.41. The third-order valence-electron chi connectivity index (χ3n) is 5.45. The van der Waals surface area contributed by atoms with E-state index in [-0.39, 0.29) is 0 Å². The summed E-state index contributed by atoms with van der Waals surface area (Å²) in [5, 5.41) is 3.25. The first-order valence-corrected chi connectivity index (χ1v) is 11.4. The monoisotopic (exact) mass is 412 g/mol. The predicted octanol–water partition coefficient (Wildman–Crippen LogP) is 2.97. The highest BCUT2D eigenvalue weighted by Crippen LogP contribution is 2.27. The molecule has 3 aromatic rings. The fraction of sp³-hybridized carbons (Fsp3) is 0.450. The smallest absolute Gasteiger partial charge is 0.185 e. The first-order chi connectivity index (χ1) is 13.7. The summed E-state index contributed by atoms with van der Waals surface area (Å²) in [4.78, 5) is 23.9. The molecule has 2 aliphatic heterocycles. The van der Waals surface area contributed by atoms with Crippen molar-refractivity contribution in [2.45, 2.75) is 19.5 Å². The second kappa shape index (κ2) is 7.87. The minimum atomic E-state index is 0.862. The number of fused-ring (bicyclic) bond motifs is 1. The highest BCUT2D eigenvalue weighted by atomic mass is 32.1. The van der Waals surface area contributed by atoms with Crippen LogP contribution in [0.3, 0.4) is 0 Å². The first-order valence-electron chi connectivity index (χ1n) is 9.74. The summed E-state index contributed by atoms with van der Waals surface area (Å²) < 4.78 is 0. The Kier molecular flexibility index (Phi) is 5.11. The van der Waals surface area contributed by atoms with Crippen molar-refractivity contribution in [2.75, 3.05) is 44.7 Å². The van der Waals surface area contributed by atoms with E-state index in [0.717, 1.165) is 62.9 Å². The number of likely N-dealkylation sites (N-methyl/N-ethyl adjacent to an activating group) is 1. The van der Waals surface area contributed by atoms with Gasteiger partial charge in [-0.25, -0.2) is 15.0 Å². The van der Waals surface area contributed by atoms with Crippen LogP contribution in [0, 0.1) is 0 Å². The number of hydrogen-bond donors (Lipinski definition) is 0. The molecule has 5 rings (SSSR count). The van der Waals surface area contributed by atoms with Gasteiger partial charge < -0.3 is 9.80 Å². The summed E-state index contributed by atoms with van der Waals surface area (Å²) in [5.41, 5.74) is 2.47. The van der Waals surface area contributed by atoms with Crippen LogP contribution in [0.4, 0.5) is 5.13 Å². The zero-order valence-electron chi connectivity index (χ0n) is 16.0. The molecule has 0 radical (unpaired) electrons. The van der Waals surface area contributed by atoms with E-state index in [2.05, 4.69) is 50.4 Å². The molecule has 5 heterocycles. The Labute approximate surface area is 173 Å². The second-order valence-electron chi connectivity index (χ2n) is 7.50. The van der Waals surface area contributed by atoms with E-state index in [9.17, 15) is 0 Å². The molecule has 8 heteroatoms. The van der Waals surface area contributed by atoms with Crippen molar-refractivity contribution in [3.63, 3.8) is 0 Å². The maximum atomic E-state index is 4.82. The van der Waals surface area contributed by atoms with Crippen LogP contribution < -0.4 is 4.90 Å². The van der Waals surface area contributed by atoms with E-state index < -0.39 is 0 Å². The van der Waals surface area contributed by atoms with Crippen LogP contribution in [-0.2, 0) is 19.5 Å². The van der Waals surface area contributed by atoms with Gasteiger partial charge in [0.25, 0.3) is 0 Å². The Morgan fingerprint density at radius 1 is 1.07 bits per heavy atom. The lowest BCUT2D eigenvalue weighted by molar-refractivity contribution is 0.245. The zero-order chi connectivity index (χ0) is 18.9. The van der Waals surface area contributed by atoms with Crippen molar-refractivity contribution in [3.8, 4) is 10.7 Å². The van der Waals surface area contributed by atoms with Crippen LogP contribution >= 0.6 is 22.7 Å². The van der Waals surface area contributed by atoms with E-state index in [1.54, 1.807) is 11.3 Å². The number of rotatable bonds is 4. The number of thiophene rings is 1. The van der Waals surface area contributed by atoms with Crippen molar-refractivity contribution in [1.29, 1.82) is 0 Å². The second-order valence-corrected chi connectivity index (χ2v) is 9.54. The van der Waals surface area contributed by atoms with Gasteiger partial charge in [0.15, 0.2) is 11.0 Å². The molecule has 0 spiro atoms. The maximum Gasteiger partial charge on any atom is 0.185 e. The van der Waals surface area contributed by atoms with Crippen LogP contribution in [0.15, 0.2) is 29.9 Å². The molecular weight excluding hydrogens is 388 g/mol. The Morgan fingerprint density at radius 2 is 1.96 bits per heavy atom. The first kappa shape index (κ1) is 18.2. The molecule has 3 aromatic heterocycles. The van der Waals surface area contributed by atoms with E-state index >= 15 is 0 Å². The van der Waals surface area contributed by atoms with Crippen molar-refractivity contribution < 1.29 is 0 Å². The topological polar surface area (TPSA) is 48.4 Å². The lowest BCUT2D eigenvalue weighted by atomic mass is 10.1. The number of aromatic nitrogens is 3. The number of thiazole rings is 1. The third kappa shape index (κ3) is 3.82. The average molecular weight is 413 g/mol. The van der Waals surface area contributed by atoms with Gasteiger partial charge in [-0.15, -0.1) is 22.7 Å². The number of piperazine rings is 1. The van der Waals surface area contributed by atoms with E-state index in [4.69, 9.17) is 9.97 Å². The summed E-state index contributed by atoms with van der Waals surface area (Å²) >= 11 is 3.54. The lowest BCUT2D eigenvalue weighted by Crippen LogP contribution is -2.44. The fourth-order valence-corrected chi connectivity index (χ4v) is 5.44. The Balaban J connectivity index is 1.23. The van der Waals surface area contributed by atoms with E-state index in [0.29, 0.717) is 0 Å². The van der Waals surface area contributed by atoms with Crippen LogP contribution in [0.5, 0.6) is 0 Å². The molecule has 1 saturated heterocycles. The minimum absolute atomic E-state index is 0.862. The molecule has 6 nitrogen and oxygen atoms in total. The van der Waals surface area contributed by atoms with E-state index in [1.807, 2.05) is 17.5 Å². The zero-order valence-corrected chi connectivity index (χ0v) is 17.7. The Morgan fingerprint density at radius 3 is 2.79 bits per heavy atom. The van der Waals surface area contributed by atoms with Crippen molar-refractivity contribution >= 4 is 27.8 Å². The van der Waals surface area contributed by atoms with Crippen LogP contribution in [0.25, 0.3) is 10.7 Å². The van der Waals surface area contributed by atoms with Gasteiger partial charge in [-0.1, -0.05) is 6.07 Å². The van der Waals surface area contributed by atoms with Gasteiger partial charge in [0, 0.05) is 75.1 Å². The van der Waals surface area contributed by atoms with Gasteiger partial charge in [0.1, 0.15) is 0 Å². The van der Waals surface area contributed by atoms with Gasteiger partial charge in [0.2, 0.25) is 0 Å². The highest BCUT2D eigenvalue weighted by Gasteiger charge is 2.21. The molecule has 0 aromatic carbocycles. The molecule has 0 amide bonds. The number of anilines is 1. The lowest BCUT2D eigenvalue weighted by Gasteiger charge is -2.32. The normalized spacial score (nSPS) is 18.4. The molecule has 0 aliphatic carbocycles. The molecular formula is C20H24N6S2. The molecule has 146 valence electrons. The quantitative estimate of drug-likeness (QED) is 0.657. The van der Waals surface area contributed by atoms with Gasteiger partial charge in [-0.2, -0.15) is 0 Å². The minimum Gasteiger partial charge on any atom is -0.346 e. The summed E-state index contributed by atoms with van der Waals surface area (Å²) in [6, 6.07) is 4.14. The van der Waals surface area contributed by atoms with Gasteiger partial charge in [-0.05, 0) is 18.5 Å². The molecule has 0 bridgehead atoms. The Hall–Kier alpha value is -1.87. The largest absolute Gasteiger partial charge is 0.346 e. The molecule has 2 aliphatic rings. The van der Waals surface area contributed by atoms with Crippen LogP contribution in [0.2, 0.25) is 0 Å². The highest BCUT2D eigenvalue weighted by molar-refractivity contribution is 7.15. The molecule has 0 unspecified atom stereocenters. The number of nitrogens with zero attached hydrogens (tertiary/aromatic N) is 6.